The van der Waals surface area contributed by atoms with Crippen LogP contribution in [-0.2, 0) is 0 Å². The second kappa shape index (κ2) is 5.92. The summed E-state index contributed by atoms with van der Waals surface area (Å²) in [6.07, 6.45) is 8.18. The Morgan fingerprint density at radius 3 is 2.85 bits per heavy atom. The zero-order valence-corrected chi connectivity index (χ0v) is 12.2. The van der Waals surface area contributed by atoms with Crippen molar-refractivity contribution >= 4 is 5.91 Å². The van der Waals surface area contributed by atoms with Crippen LogP contribution in [0.1, 0.15) is 43.0 Å². The number of pyridine rings is 1. The molecule has 0 N–H and O–H groups in total. The van der Waals surface area contributed by atoms with E-state index in [1.165, 1.54) is 19.4 Å². The Labute approximate surface area is 120 Å². The number of nitrogens with zero attached hydrogens (tertiary/aromatic N) is 3. The van der Waals surface area contributed by atoms with E-state index in [1.807, 2.05) is 12.1 Å². The molecule has 0 radical (unpaired) electrons. The van der Waals surface area contributed by atoms with E-state index in [2.05, 4.69) is 21.7 Å². The molecule has 3 heterocycles. The average Bonchev–Trinajstić information content (AvgIpc) is 3.15. The normalized spacial score (nSPS) is 27.1. The van der Waals surface area contributed by atoms with Crippen molar-refractivity contribution in [3.8, 4) is 0 Å². The number of aromatic nitrogens is 1. The molecule has 4 nitrogen and oxygen atoms in total. The molecule has 0 unspecified atom stereocenters. The fourth-order valence-electron chi connectivity index (χ4n) is 3.78. The number of rotatable bonds is 3. The first kappa shape index (κ1) is 13.6. The number of carbonyl (C=O) groups excluding carboxylic acids is 1. The molecule has 20 heavy (non-hydrogen) atoms. The lowest BCUT2D eigenvalue weighted by atomic mass is 10.0. The first-order chi connectivity index (χ1) is 9.81. The minimum absolute atomic E-state index is 0.156. The number of carbonyl (C=O) groups is 1. The molecule has 2 fully saturated rings. The summed E-state index contributed by atoms with van der Waals surface area (Å²) >= 11 is 0. The fraction of sp³-hybridized carbons (Fsp3) is 0.625. The van der Waals surface area contributed by atoms with Crippen LogP contribution in [0.4, 0.5) is 0 Å². The van der Waals surface area contributed by atoms with Crippen LogP contribution >= 0.6 is 0 Å². The number of hydrogen-bond donors (Lipinski definition) is 0. The van der Waals surface area contributed by atoms with Crippen LogP contribution < -0.4 is 0 Å². The Balaban J connectivity index is 1.77. The first-order valence-electron chi connectivity index (χ1n) is 7.76. The standard InChI is InChI=1S/C16H23N3O/c1-2-18-10-4-7-14(18)15-8-5-11-19(15)16(20)13-6-3-9-17-12-13/h3,6,9,12,14-15H,2,4-5,7-8,10-11H2,1H3/t14-,15+/m1/s1. The van der Waals surface area contributed by atoms with E-state index in [4.69, 9.17) is 0 Å². The van der Waals surface area contributed by atoms with E-state index in [-0.39, 0.29) is 5.91 Å². The lowest BCUT2D eigenvalue weighted by Gasteiger charge is -2.34. The van der Waals surface area contributed by atoms with E-state index >= 15 is 0 Å². The van der Waals surface area contributed by atoms with Gasteiger partial charge in [0.05, 0.1) is 5.56 Å². The van der Waals surface area contributed by atoms with Crippen LogP contribution in [0.3, 0.4) is 0 Å². The van der Waals surface area contributed by atoms with Gasteiger partial charge in [-0.25, -0.2) is 0 Å². The van der Waals surface area contributed by atoms with Gasteiger partial charge in [0.15, 0.2) is 0 Å². The highest BCUT2D eigenvalue weighted by molar-refractivity contribution is 5.94. The number of likely N-dealkylation sites (tertiary alicyclic amines) is 2. The van der Waals surface area contributed by atoms with Crippen LogP contribution in [0, 0.1) is 0 Å². The summed E-state index contributed by atoms with van der Waals surface area (Å²) in [7, 11) is 0. The lowest BCUT2D eigenvalue weighted by Crippen LogP contribution is -2.48. The summed E-state index contributed by atoms with van der Waals surface area (Å²) in [6.45, 7) is 5.40. The molecule has 2 aliphatic rings. The third-order valence-corrected chi connectivity index (χ3v) is 4.73. The largest absolute Gasteiger partial charge is 0.334 e. The molecule has 0 bridgehead atoms. The van der Waals surface area contributed by atoms with Crippen molar-refractivity contribution < 1.29 is 4.79 Å². The summed E-state index contributed by atoms with van der Waals surface area (Å²) in [6, 6.07) is 4.66. The van der Waals surface area contributed by atoms with Gasteiger partial charge in [-0.15, -0.1) is 0 Å². The zero-order valence-electron chi connectivity index (χ0n) is 12.2. The predicted octanol–water partition coefficient (Wildman–Crippen LogP) is 2.17. The van der Waals surface area contributed by atoms with Gasteiger partial charge in [0, 0.05) is 31.0 Å². The van der Waals surface area contributed by atoms with E-state index in [0.29, 0.717) is 12.1 Å². The molecule has 0 aromatic carbocycles. The summed E-state index contributed by atoms with van der Waals surface area (Å²) in [5, 5.41) is 0. The summed E-state index contributed by atoms with van der Waals surface area (Å²) in [4.78, 5) is 21.4. The summed E-state index contributed by atoms with van der Waals surface area (Å²) in [5.74, 6) is 0.156. The van der Waals surface area contributed by atoms with Gasteiger partial charge in [-0.05, 0) is 50.9 Å². The van der Waals surface area contributed by atoms with Gasteiger partial charge in [-0.3, -0.25) is 14.7 Å². The molecule has 2 saturated heterocycles. The molecular weight excluding hydrogens is 250 g/mol. The van der Waals surface area contributed by atoms with Gasteiger partial charge in [0.1, 0.15) is 0 Å². The maximum Gasteiger partial charge on any atom is 0.255 e. The minimum atomic E-state index is 0.156. The second-order valence-electron chi connectivity index (χ2n) is 5.79. The average molecular weight is 273 g/mol. The molecular formula is C16H23N3O. The van der Waals surface area contributed by atoms with Crippen LogP contribution in [0.5, 0.6) is 0 Å². The smallest absolute Gasteiger partial charge is 0.255 e. The third-order valence-electron chi connectivity index (χ3n) is 4.73. The van der Waals surface area contributed by atoms with E-state index in [0.717, 1.165) is 31.5 Å². The Morgan fingerprint density at radius 2 is 2.10 bits per heavy atom. The van der Waals surface area contributed by atoms with E-state index in [9.17, 15) is 4.79 Å². The van der Waals surface area contributed by atoms with Crippen LogP contribution in [0.2, 0.25) is 0 Å². The number of likely N-dealkylation sites (N-methyl/N-ethyl adjacent to an activating group) is 1. The van der Waals surface area contributed by atoms with Crippen LogP contribution in [0.15, 0.2) is 24.5 Å². The van der Waals surface area contributed by atoms with Crippen LogP contribution in [-0.4, -0.2) is 52.4 Å². The Hall–Kier alpha value is -1.42. The Morgan fingerprint density at radius 1 is 1.30 bits per heavy atom. The monoisotopic (exact) mass is 273 g/mol. The van der Waals surface area contributed by atoms with Gasteiger partial charge in [0.25, 0.3) is 5.91 Å². The van der Waals surface area contributed by atoms with Gasteiger partial charge in [-0.2, -0.15) is 0 Å². The minimum Gasteiger partial charge on any atom is -0.334 e. The van der Waals surface area contributed by atoms with Crippen molar-refractivity contribution in [3.63, 3.8) is 0 Å². The quantitative estimate of drug-likeness (QED) is 0.847. The Kier molecular flexibility index (Phi) is 4.01. The molecule has 0 spiro atoms. The highest BCUT2D eigenvalue weighted by Gasteiger charge is 2.39. The Bertz CT molecular complexity index is 462. The molecule has 2 aliphatic heterocycles. The molecule has 0 saturated carbocycles. The number of hydrogen-bond acceptors (Lipinski definition) is 3. The van der Waals surface area contributed by atoms with Gasteiger partial charge in [0.2, 0.25) is 0 Å². The van der Waals surface area contributed by atoms with E-state index in [1.54, 1.807) is 12.4 Å². The first-order valence-corrected chi connectivity index (χ1v) is 7.76. The summed E-state index contributed by atoms with van der Waals surface area (Å²) in [5.41, 5.74) is 0.723. The highest BCUT2D eigenvalue weighted by atomic mass is 16.2. The maximum atomic E-state index is 12.7. The van der Waals surface area contributed by atoms with Gasteiger partial charge in [-0.1, -0.05) is 6.92 Å². The van der Waals surface area contributed by atoms with Crippen molar-refractivity contribution in [3.05, 3.63) is 30.1 Å². The van der Waals surface area contributed by atoms with Crippen molar-refractivity contribution in [2.45, 2.75) is 44.7 Å². The van der Waals surface area contributed by atoms with Crippen molar-refractivity contribution in [2.24, 2.45) is 0 Å². The molecule has 1 aromatic rings. The van der Waals surface area contributed by atoms with Crippen molar-refractivity contribution in [1.29, 1.82) is 0 Å². The topological polar surface area (TPSA) is 36.4 Å². The number of amides is 1. The molecule has 1 amide bonds. The zero-order chi connectivity index (χ0) is 13.9. The predicted molar refractivity (Wildman–Crippen MR) is 78.6 cm³/mol. The summed E-state index contributed by atoms with van der Waals surface area (Å²) < 4.78 is 0. The van der Waals surface area contributed by atoms with Gasteiger partial charge >= 0.3 is 0 Å². The fourth-order valence-corrected chi connectivity index (χ4v) is 3.78. The van der Waals surface area contributed by atoms with Crippen molar-refractivity contribution in [1.82, 2.24) is 14.8 Å². The molecule has 108 valence electrons. The molecule has 0 aliphatic carbocycles. The maximum absolute atomic E-state index is 12.7. The molecule has 3 rings (SSSR count). The van der Waals surface area contributed by atoms with Gasteiger partial charge < -0.3 is 4.90 Å². The SMILES string of the molecule is CCN1CCC[C@@H]1[C@@H]1CCCN1C(=O)c1cccnc1. The van der Waals surface area contributed by atoms with Crippen molar-refractivity contribution in [2.75, 3.05) is 19.6 Å². The third kappa shape index (κ3) is 2.44. The second-order valence-corrected chi connectivity index (χ2v) is 5.79. The van der Waals surface area contributed by atoms with E-state index < -0.39 is 0 Å². The van der Waals surface area contributed by atoms with Crippen LogP contribution in [0.25, 0.3) is 0 Å². The molecule has 1 aromatic heterocycles. The molecule has 4 heteroatoms. The highest BCUT2D eigenvalue weighted by Crippen LogP contribution is 2.30. The molecule has 2 atom stereocenters. The lowest BCUT2D eigenvalue weighted by molar-refractivity contribution is 0.0649.